The SMILES string of the molecule is CC1(C)OC[C@@H](CC2(S(=O)(=O)O)CC2)O1. The molecule has 0 aromatic rings. The first-order valence-corrected chi connectivity index (χ1v) is 6.47. The fourth-order valence-electron chi connectivity index (χ4n) is 1.99. The highest BCUT2D eigenvalue weighted by Crippen LogP contribution is 2.48. The number of rotatable bonds is 3. The third-order valence-corrected chi connectivity index (χ3v) is 4.69. The molecule has 0 radical (unpaired) electrons. The van der Waals surface area contributed by atoms with E-state index in [-0.39, 0.29) is 6.10 Å². The van der Waals surface area contributed by atoms with Gasteiger partial charge in [0, 0.05) is 0 Å². The summed E-state index contributed by atoms with van der Waals surface area (Å²) in [5.41, 5.74) is 0. The molecule has 1 aliphatic carbocycles. The van der Waals surface area contributed by atoms with Gasteiger partial charge in [0.2, 0.25) is 0 Å². The van der Waals surface area contributed by atoms with Gasteiger partial charge in [-0.1, -0.05) is 0 Å². The molecule has 6 heteroatoms. The Kier molecular flexibility index (Phi) is 2.39. The van der Waals surface area contributed by atoms with E-state index in [0.717, 1.165) is 0 Å². The Balaban J connectivity index is 2.00. The van der Waals surface area contributed by atoms with E-state index in [0.29, 0.717) is 25.9 Å². The first-order valence-electron chi connectivity index (χ1n) is 5.03. The Morgan fingerprint density at radius 2 is 2.00 bits per heavy atom. The summed E-state index contributed by atoms with van der Waals surface area (Å²) < 4.78 is 41.2. The van der Waals surface area contributed by atoms with Crippen molar-refractivity contribution in [3.05, 3.63) is 0 Å². The monoisotopic (exact) mass is 236 g/mol. The number of hydrogen-bond donors (Lipinski definition) is 1. The van der Waals surface area contributed by atoms with Crippen molar-refractivity contribution in [1.82, 2.24) is 0 Å². The summed E-state index contributed by atoms with van der Waals surface area (Å²) in [5, 5.41) is 0. The molecule has 1 N–H and O–H groups in total. The van der Waals surface area contributed by atoms with Crippen molar-refractivity contribution >= 4 is 10.1 Å². The average molecular weight is 236 g/mol. The molecule has 1 aliphatic heterocycles. The van der Waals surface area contributed by atoms with Crippen LogP contribution in [0.15, 0.2) is 0 Å². The molecule has 15 heavy (non-hydrogen) atoms. The van der Waals surface area contributed by atoms with E-state index in [1.165, 1.54) is 0 Å². The molecule has 1 saturated carbocycles. The van der Waals surface area contributed by atoms with Gasteiger partial charge in [0.25, 0.3) is 10.1 Å². The second kappa shape index (κ2) is 3.16. The van der Waals surface area contributed by atoms with E-state index in [1.807, 2.05) is 0 Å². The maximum atomic E-state index is 11.1. The van der Waals surface area contributed by atoms with Gasteiger partial charge in [-0.05, 0) is 33.1 Å². The van der Waals surface area contributed by atoms with Crippen molar-refractivity contribution in [2.75, 3.05) is 6.61 Å². The van der Waals surface area contributed by atoms with Crippen LogP contribution in [0.3, 0.4) is 0 Å². The lowest BCUT2D eigenvalue weighted by Crippen LogP contribution is -2.30. The van der Waals surface area contributed by atoms with Crippen LogP contribution in [0.2, 0.25) is 0 Å². The van der Waals surface area contributed by atoms with E-state index in [2.05, 4.69) is 0 Å². The third kappa shape index (κ3) is 2.18. The topological polar surface area (TPSA) is 72.8 Å². The van der Waals surface area contributed by atoms with Crippen molar-refractivity contribution in [3.8, 4) is 0 Å². The smallest absolute Gasteiger partial charge is 0.270 e. The Morgan fingerprint density at radius 3 is 2.33 bits per heavy atom. The van der Waals surface area contributed by atoms with Crippen LogP contribution in [-0.4, -0.2) is 36.2 Å². The standard InChI is InChI=1S/C9H16O5S/c1-8(2)13-6-7(14-8)5-9(3-4-9)15(10,11)12/h7H,3-6H2,1-2H3,(H,10,11,12)/t7-/m1/s1. The Labute approximate surface area is 89.5 Å². The first kappa shape index (κ1) is 11.3. The van der Waals surface area contributed by atoms with Crippen molar-refractivity contribution in [1.29, 1.82) is 0 Å². The van der Waals surface area contributed by atoms with Gasteiger partial charge in [0.1, 0.15) is 4.75 Å². The molecule has 1 atom stereocenters. The van der Waals surface area contributed by atoms with Crippen LogP contribution < -0.4 is 0 Å². The largest absolute Gasteiger partial charge is 0.348 e. The molecular weight excluding hydrogens is 220 g/mol. The van der Waals surface area contributed by atoms with Gasteiger partial charge in [0.05, 0.1) is 12.7 Å². The van der Waals surface area contributed by atoms with Crippen LogP contribution in [0, 0.1) is 0 Å². The maximum Gasteiger partial charge on any atom is 0.270 e. The Morgan fingerprint density at radius 1 is 1.40 bits per heavy atom. The molecule has 0 aromatic heterocycles. The van der Waals surface area contributed by atoms with Crippen LogP contribution in [0.5, 0.6) is 0 Å². The van der Waals surface area contributed by atoms with E-state index in [9.17, 15) is 8.42 Å². The highest BCUT2D eigenvalue weighted by Gasteiger charge is 2.56. The highest BCUT2D eigenvalue weighted by molar-refractivity contribution is 7.87. The zero-order valence-electron chi connectivity index (χ0n) is 8.89. The first-order chi connectivity index (χ1) is 6.74. The minimum Gasteiger partial charge on any atom is -0.348 e. The fraction of sp³-hybridized carbons (Fsp3) is 1.00. The summed E-state index contributed by atoms with van der Waals surface area (Å²) in [6.45, 7) is 3.98. The van der Waals surface area contributed by atoms with E-state index < -0.39 is 20.7 Å². The van der Waals surface area contributed by atoms with Crippen LogP contribution in [0.25, 0.3) is 0 Å². The molecule has 1 saturated heterocycles. The summed E-state index contributed by atoms with van der Waals surface area (Å²) >= 11 is 0. The van der Waals surface area contributed by atoms with Crippen LogP contribution >= 0.6 is 0 Å². The molecule has 5 nitrogen and oxygen atoms in total. The molecule has 88 valence electrons. The maximum absolute atomic E-state index is 11.1. The number of hydrogen-bond acceptors (Lipinski definition) is 4. The predicted octanol–water partition coefficient (Wildman–Crippen LogP) is 0.948. The lowest BCUT2D eigenvalue weighted by atomic mass is 10.2. The van der Waals surface area contributed by atoms with Crippen molar-refractivity contribution in [2.24, 2.45) is 0 Å². The molecular formula is C9H16O5S. The van der Waals surface area contributed by atoms with Crippen molar-refractivity contribution in [2.45, 2.75) is 49.7 Å². The fourth-order valence-corrected chi connectivity index (χ4v) is 3.00. The summed E-state index contributed by atoms with van der Waals surface area (Å²) in [6.07, 6.45) is 1.14. The van der Waals surface area contributed by atoms with Crippen molar-refractivity contribution in [3.63, 3.8) is 0 Å². The summed E-state index contributed by atoms with van der Waals surface area (Å²) in [4.78, 5) is 0. The van der Waals surface area contributed by atoms with Gasteiger partial charge in [-0.2, -0.15) is 8.42 Å². The molecule has 2 aliphatic rings. The molecule has 0 amide bonds. The van der Waals surface area contributed by atoms with Gasteiger partial charge in [-0.15, -0.1) is 0 Å². The van der Waals surface area contributed by atoms with Gasteiger partial charge < -0.3 is 9.47 Å². The average Bonchev–Trinajstić information content (AvgIpc) is 2.73. The highest BCUT2D eigenvalue weighted by atomic mass is 32.2. The molecule has 0 spiro atoms. The Bertz CT molecular complexity index is 355. The lowest BCUT2D eigenvalue weighted by molar-refractivity contribution is -0.139. The van der Waals surface area contributed by atoms with Crippen LogP contribution in [0.4, 0.5) is 0 Å². The molecule has 1 heterocycles. The zero-order valence-corrected chi connectivity index (χ0v) is 9.71. The van der Waals surface area contributed by atoms with Gasteiger partial charge >= 0.3 is 0 Å². The van der Waals surface area contributed by atoms with E-state index in [1.54, 1.807) is 13.8 Å². The second-order valence-corrected chi connectivity index (χ2v) is 6.63. The van der Waals surface area contributed by atoms with Gasteiger partial charge in [-0.25, -0.2) is 0 Å². The lowest BCUT2D eigenvalue weighted by Gasteiger charge is -2.19. The van der Waals surface area contributed by atoms with Crippen LogP contribution in [-0.2, 0) is 19.6 Å². The predicted molar refractivity (Wildman–Crippen MR) is 53.0 cm³/mol. The van der Waals surface area contributed by atoms with E-state index >= 15 is 0 Å². The Hall–Kier alpha value is -0.170. The molecule has 2 rings (SSSR count). The summed E-state index contributed by atoms with van der Waals surface area (Å²) in [7, 11) is -3.95. The molecule has 0 aromatic carbocycles. The van der Waals surface area contributed by atoms with Gasteiger partial charge in [-0.3, -0.25) is 4.55 Å². The summed E-state index contributed by atoms with van der Waals surface area (Å²) in [6, 6.07) is 0. The molecule has 0 unspecified atom stereocenters. The normalized spacial score (nSPS) is 32.9. The van der Waals surface area contributed by atoms with Crippen molar-refractivity contribution < 1.29 is 22.4 Å². The minimum atomic E-state index is -3.95. The van der Waals surface area contributed by atoms with E-state index in [4.69, 9.17) is 14.0 Å². The van der Waals surface area contributed by atoms with Crippen LogP contribution in [0.1, 0.15) is 33.1 Å². The minimum absolute atomic E-state index is 0.232. The summed E-state index contributed by atoms with van der Waals surface area (Å²) in [5.74, 6) is -0.639. The quantitative estimate of drug-likeness (QED) is 0.738. The molecule has 2 fully saturated rings. The zero-order chi connectivity index (χ0) is 11.3. The second-order valence-electron chi connectivity index (χ2n) is 4.81. The third-order valence-electron chi connectivity index (χ3n) is 3.02. The van der Waals surface area contributed by atoms with Gasteiger partial charge in [0.15, 0.2) is 5.79 Å². The molecule has 0 bridgehead atoms. The number of ether oxygens (including phenoxy) is 2.